The number of amides is 1. The first-order chi connectivity index (χ1) is 8.29. The molecule has 1 amide bonds. The van der Waals surface area contributed by atoms with Gasteiger partial charge in [-0.1, -0.05) is 0 Å². The Labute approximate surface area is 98.8 Å². The van der Waals surface area contributed by atoms with Crippen LogP contribution in [0.25, 0.3) is 11.0 Å². The summed E-state index contributed by atoms with van der Waals surface area (Å²) in [5.74, 6) is -0.191. The molecule has 0 atom stereocenters. The van der Waals surface area contributed by atoms with Crippen LogP contribution in [0.3, 0.4) is 0 Å². The van der Waals surface area contributed by atoms with Crippen LogP contribution in [-0.2, 0) is 9.53 Å². The number of nitrogens with one attached hydrogen (secondary N) is 1. The largest absolute Gasteiger partial charge is 0.372 e. The van der Waals surface area contributed by atoms with Crippen LogP contribution in [0.4, 0.5) is 5.69 Å². The third kappa shape index (κ3) is 2.98. The molecule has 0 unspecified atom stereocenters. The molecule has 88 valence electrons. The summed E-state index contributed by atoms with van der Waals surface area (Å²) >= 11 is 0. The van der Waals surface area contributed by atoms with Gasteiger partial charge in [0, 0.05) is 12.8 Å². The normalized spacial score (nSPS) is 10.4. The summed E-state index contributed by atoms with van der Waals surface area (Å²) in [5.41, 5.74) is 2.18. The number of aromatic nitrogens is 2. The summed E-state index contributed by atoms with van der Waals surface area (Å²) in [5, 5.41) is 2.70. The average Bonchev–Trinajstić information content (AvgIpc) is 2.36. The standard InChI is InChI=1S/C12H13N3O2/c1-2-17-8-12(16)15-9-6-11-10(14-7-9)4-3-5-13-11/h3-7H,2,8H2,1H3,(H,15,16). The lowest BCUT2D eigenvalue weighted by atomic mass is 10.3. The van der Waals surface area contributed by atoms with Gasteiger partial charge in [0.1, 0.15) is 6.61 Å². The minimum atomic E-state index is -0.191. The Morgan fingerprint density at radius 2 is 2.29 bits per heavy atom. The van der Waals surface area contributed by atoms with E-state index in [0.29, 0.717) is 12.3 Å². The summed E-state index contributed by atoms with van der Waals surface area (Å²) in [4.78, 5) is 19.8. The van der Waals surface area contributed by atoms with Crippen molar-refractivity contribution in [2.24, 2.45) is 0 Å². The van der Waals surface area contributed by atoms with Crippen molar-refractivity contribution in [3.8, 4) is 0 Å². The highest BCUT2D eigenvalue weighted by Gasteiger charge is 2.03. The summed E-state index contributed by atoms with van der Waals surface area (Å²) in [6, 6.07) is 5.48. The lowest BCUT2D eigenvalue weighted by Crippen LogP contribution is -2.18. The van der Waals surface area contributed by atoms with Crippen LogP contribution in [0.5, 0.6) is 0 Å². The summed E-state index contributed by atoms with van der Waals surface area (Å²) < 4.78 is 5.01. The van der Waals surface area contributed by atoms with Gasteiger partial charge in [-0.05, 0) is 25.1 Å². The monoisotopic (exact) mass is 231 g/mol. The Bertz CT molecular complexity index is 528. The Hall–Kier alpha value is -2.01. The Balaban J connectivity index is 2.11. The van der Waals surface area contributed by atoms with Crippen LogP contribution >= 0.6 is 0 Å². The fraction of sp³-hybridized carbons (Fsp3) is 0.250. The molecular formula is C12H13N3O2. The number of hydrogen-bond acceptors (Lipinski definition) is 4. The fourth-order valence-corrected chi connectivity index (χ4v) is 1.41. The minimum absolute atomic E-state index is 0.0523. The predicted molar refractivity (Wildman–Crippen MR) is 64.7 cm³/mol. The number of pyridine rings is 2. The molecule has 2 heterocycles. The third-order valence-electron chi connectivity index (χ3n) is 2.17. The molecule has 0 aliphatic carbocycles. The van der Waals surface area contributed by atoms with Crippen molar-refractivity contribution < 1.29 is 9.53 Å². The van der Waals surface area contributed by atoms with Crippen molar-refractivity contribution in [1.82, 2.24) is 9.97 Å². The van der Waals surface area contributed by atoms with Crippen LogP contribution in [0.1, 0.15) is 6.92 Å². The van der Waals surface area contributed by atoms with Crippen LogP contribution in [0.2, 0.25) is 0 Å². The summed E-state index contributed by atoms with van der Waals surface area (Å²) in [7, 11) is 0. The van der Waals surface area contributed by atoms with E-state index in [0.717, 1.165) is 11.0 Å². The summed E-state index contributed by atoms with van der Waals surface area (Å²) in [6.07, 6.45) is 3.30. The number of rotatable bonds is 4. The van der Waals surface area contributed by atoms with Crippen LogP contribution in [0, 0.1) is 0 Å². The second-order valence-corrected chi connectivity index (χ2v) is 3.45. The molecule has 17 heavy (non-hydrogen) atoms. The Morgan fingerprint density at radius 3 is 3.12 bits per heavy atom. The van der Waals surface area contributed by atoms with Crippen LogP contribution in [-0.4, -0.2) is 29.1 Å². The second kappa shape index (κ2) is 5.36. The van der Waals surface area contributed by atoms with Crippen molar-refractivity contribution in [1.29, 1.82) is 0 Å². The topological polar surface area (TPSA) is 64.1 Å². The van der Waals surface area contributed by atoms with Gasteiger partial charge in [-0.3, -0.25) is 14.8 Å². The van der Waals surface area contributed by atoms with E-state index < -0.39 is 0 Å². The SMILES string of the molecule is CCOCC(=O)Nc1cnc2cccnc2c1. The number of nitrogens with zero attached hydrogens (tertiary/aromatic N) is 2. The molecule has 0 aliphatic heterocycles. The zero-order chi connectivity index (χ0) is 12.1. The van der Waals surface area contributed by atoms with Gasteiger partial charge in [-0.15, -0.1) is 0 Å². The highest BCUT2D eigenvalue weighted by molar-refractivity contribution is 5.93. The molecule has 5 nitrogen and oxygen atoms in total. The lowest BCUT2D eigenvalue weighted by molar-refractivity contribution is -0.120. The van der Waals surface area contributed by atoms with Crippen LogP contribution in [0.15, 0.2) is 30.6 Å². The summed E-state index contributed by atoms with van der Waals surface area (Å²) in [6.45, 7) is 2.41. The maximum atomic E-state index is 11.4. The van der Waals surface area contributed by atoms with Crippen molar-refractivity contribution in [3.05, 3.63) is 30.6 Å². The van der Waals surface area contributed by atoms with Gasteiger partial charge < -0.3 is 10.1 Å². The number of fused-ring (bicyclic) bond motifs is 1. The predicted octanol–water partition coefficient (Wildman–Crippen LogP) is 1.60. The lowest BCUT2D eigenvalue weighted by Gasteiger charge is -2.05. The number of hydrogen-bond donors (Lipinski definition) is 1. The van der Waals surface area contributed by atoms with E-state index in [1.807, 2.05) is 19.1 Å². The number of anilines is 1. The van der Waals surface area contributed by atoms with Gasteiger partial charge >= 0.3 is 0 Å². The maximum Gasteiger partial charge on any atom is 0.250 e. The second-order valence-electron chi connectivity index (χ2n) is 3.45. The molecule has 0 aliphatic rings. The molecular weight excluding hydrogens is 218 g/mol. The average molecular weight is 231 g/mol. The molecule has 2 aromatic heterocycles. The molecule has 0 bridgehead atoms. The van der Waals surface area contributed by atoms with E-state index in [9.17, 15) is 4.79 Å². The fourth-order valence-electron chi connectivity index (χ4n) is 1.41. The van der Waals surface area contributed by atoms with Crippen LogP contribution < -0.4 is 5.32 Å². The first-order valence-corrected chi connectivity index (χ1v) is 5.38. The van der Waals surface area contributed by atoms with E-state index in [2.05, 4.69) is 15.3 Å². The van der Waals surface area contributed by atoms with Crippen molar-refractivity contribution in [2.75, 3.05) is 18.5 Å². The minimum Gasteiger partial charge on any atom is -0.372 e. The van der Waals surface area contributed by atoms with Gasteiger partial charge in [-0.25, -0.2) is 0 Å². The van der Waals surface area contributed by atoms with E-state index in [4.69, 9.17) is 4.74 Å². The number of carbonyl (C=O) groups is 1. The van der Waals surface area contributed by atoms with Gasteiger partial charge in [0.05, 0.1) is 22.9 Å². The molecule has 1 N–H and O–H groups in total. The smallest absolute Gasteiger partial charge is 0.250 e. The molecule has 2 rings (SSSR count). The van der Waals surface area contributed by atoms with Gasteiger partial charge in [-0.2, -0.15) is 0 Å². The molecule has 0 aromatic carbocycles. The molecule has 0 saturated carbocycles. The zero-order valence-corrected chi connectivity index (χ0v) is 9.51. The van der Waals surface area contributed by atoms with E-state index >= 15 is 0 Å². The van der Waals surface area contributed by atoms with E-state index in [1.165, 1.54) is 0 Å². The molecule has 0 saturated heterocycles. The quantitative estimate of drug-likeness (QED) is 0.868. The molecule has 0 radical (unpaired) electrons. The van der Waals surface area contributed by atoms with Gasteiger partial charge in [0.2, 0.25) is 5.91 Å². The Kier molecular flexibility index (Phi) is 3.62. The number of carbonyl (C=O) groups excluding carboxylic acids is 1. The van der Waals surface area contributed by atoms with Crippen molar-refractivity contribution in [2.45, 2.75) is 6.92 Å². The highest BCUT2D eigenvalue weighted by atomic mass is 16.5. The number of ether oxygens (including phenoxy) is 1. The first kappa shape index (κ1) is 11.5. The highest BCUT2D eigenvalue weighted by Crippen LogP contribution is 2.13. The molecule has 0 spiro atoms. The Morgan fingerprint density at radius 1 is 1.41 bits per heavy atom. The maximum absolute atomic E-state index is 11.4. The third-order valence-corrected chi connectivity index (χ3v) is 2.17. The van der Waals surface area contributed by atoms with Gasteiger partial charge in [0.15, 0.2) is 0 Å². The van der Waals surface area contributed by atoms with Crippen molar-refractivity contribution in [3.63, 3.8) is 0 Å². The molecule has 2 aromatic rings. The zero-order valence-electron chi connectivity index (χ0n) is 9.51. The van der Waals surface area contributed by atoms with Gasteiger partial charge in [0.25, 0.3) is 0 Å². The first-order valence-electron chi connectivity index (χ1n) is 5.38. The molecule has 5 heteroatoms. The van der Waals surface area contributed by atoms with E-state index in [1.54, 1.807) is 18.5 Å². The van der Waals surface area contributed by atoms with E-state index in [-0.39, 0.29) is 12.5 Å². The van der Waals surface area contributed by atoms with Crippen molar-refractivity contribution >= 4 is 22.6 Å². The molecule has 0 fully saturated rings.